The van der Waals surface area contributed by atoms with Gasteiger partial charge in [-0.1, -0.05) is 25.1 Å². The van der Waals surface area contributed by atoms with Gasteiger partial charge in [-0.05, 0) is 32.5 Å². The van der Waals surface area contributed by atoms with E-state index in [0.29, 0.717) is 6.04 Å². The second-order valence-corrected chi connectivity index (χ2v) is 4.97. The van der Waals surface area contributed by atoms with E-state index in [9.17, 15) is 0 Å². The SMILES string of the molecule is CCN(CC(N)c1cc2ccccc2o1)C(C)C. The third-order valence-electron chi connectivity index (χ3n) is 3.38. The van der Waals surface area contributed by atoms with Crippen molar-refractivity contribution in [3.05, 3.63) is 36.1 Å². The van der Waals surface area contributed by atoms with E-state index in [-0.39, 0.29) is 6.04 Å². The quantitative estimate of drug-likeness (QED) is 0.881. The predicted molar refractivity (Wildman–Crippen MR) is 75.5 cm³/mol. The highest BCUT2D eigenvalue weighted by molar-refractivity contribution is 5.77. The molecule has 98 valence electrons. The van der Waals surface area contributed by atoms with Crippen LogP contribution >= 0.6 is 0 Å². The van der Waals surface area contributed by atoms with Gasteiger partial charge in [0.25, 0.3) is 0 Å². The van der Waals surface area contributed by atoms with Crippen molar-refractivity contribution in [2.75, 3.05) is 13.1 Å². The van der Waals surface area contributed by atoms with Crippen molar-refractivity contribution in [1.82, 2.24) is 4.90 Å². The summed E-state index contributed by atoms with van der Waals surface area (Å²) in [5.74, 6) is 0.871. The first-order valence-corrected chi connectivity index (χ1v) is 6.60. The van der Waals surface area contributed by atoms with Crippen LogP contribution in [0.15, 0.2) is 34.7 Å². The Morgan fingerprint density at radius 1 is 1.28 bits per heavy atom. The fourth-order valence-electron chi connectivity index (χ4n) is 2.23. The Labute approximate surface area is 109 Å². The number of fused-ring (bicyclic) bond motifs is 1. The zero-order chi connectivity index (χ0) is 13.1. The minimum absolute atomic E-state index is 0.0697. The van der Waals surface area contributed by atoms with Crippen LogP contribution in [-0.4, -0.2) is 24.0 Å². The smallest absolute Gasteiger partial charge is 0.134 e. The number of hydrogen-bond acceptors (Lipinski definition) is 3. The van der Waals surface area contributed by atoms with E-state index in [1.54, 1.807) is 0 Å². The van der Waals surface area contributed by atoms with E-state index in [4.69, 9.17) is 10.2 Å². The molecule has 0 aliphatic rings. The fourth-order valence-corrected chi connectivity index (χ4v) is 2.23. The Morgan fingerprint density at radius 2 is 2.00 bits per heavy atom. The highest BCUT2D eigenvalue weighted by atomic mass is 16.3. The Bertz CT molecular complexity index is 471. The maximum Gasteiger partial charge on any atom is 0.134 e. The Morgan fingerprint density at radius 3 is 2.61 bits per heavy atom. The van der Waals surface area contributed by atoms with Gasteiger partial charge in [-0.25, -0.2) is 0 Å². The molecule has 1 unspecified atom stereocenters. The normalized spacial score (nSPS) is 13.7. The second kappa shape index (κ2) is 5.55. The summed E-state index contributed by atoms with van der Waals surface area (Å²) in [7, 11) is 0. The summed E-state index contributed by atoms with van der Waals surface area (Å²) in [6, 6.07) is 10.5. The minimum atomic E-state index is -0.0697. The summed E-state index contributed by atoms with van der Waals surface area (Å²) < 4.78 is 5.80. The molecular formula is C15H22N2O. The summed E-state index contributed by atoms with van der Waals surface area (Å²) in [6.07, 6.45) is 0. The van der Waals surface area contributed by atoms with Gasteiger partial charge in [-0.15, -0.1) is 0 Å². The molecular weight excluding hydrogens is 224 g/mol. The number of hydrogen-bond donors (Lipinski definition) is 1. The molecule has 3 nitrogen and oxygen atoms in total. The van der Waals surface area contributed by atoms with Gasteiger partial charge in [-0.3, -0.25) is 4.90 Å². The molecule has 2 aromatic rings. The van der Waals surface area contributed by atoms with Crippen molar-refractivity contribution in [2.24, 2.45) is 5.73 Å². The monoisotopic (exact) mass is 246 g/mol. The van der Waals surface area contributed by atoms with Gasteiger partial charge in [0.2, 0.25) is 0 Å². The zero-order valence-electron chi connectivity index (χ0n) is 11.4. The third-order valence-corrected chi connectivity index (χ3v) is 3.38. The van der Waals surface area contributed by atoms with Crippen LogP contribution in [0.5, 0.6) is 0 Å². The van der Waals surface area contributed by atoms with Crippen molar-refractivity contribution in [3.63, 3.8) is 0 Å². The molecule has 0 spiro atoms. The fraction of sp³-hybridized carbons (Fsp3) is 0.467. The number of nitrogens with zero attached hydrogens (tertiary/aromatic N) is 1. The van der Waals surface area contributed by atoms with Crippen LogP contribution in [0.2, 0.25) is 0 Å². The van der Waals surface area contributed by atoms with Gasteiger partial charge < -0.3 is 10.2 Å². The zero-order valence-corrected chi connectivity index (χ0v) is 11.4. The molecule has 0 saturated heterocycles. The number of rotatable bonds is 5. The van der Waals surface area contributed by atoms with Gasteiger partial charge >= 0.3 is 0 Å². The van der Waals surface area contributed by atoms with Gasteiger partial charge in [-0.2, -0.15) is 0 Å². The standard InChI is InChI=1S/C15H22N2O/c1-4-17(11(2)3)10-13(16)15-9-12-7-5-6-8-14(12)18-15/h5-9,11,13H,4,10,16H2,1-3H3. The molecule has 0 amide bonds. The average molecular weight is 246 g/mol. The van der Waals surface area contributed by atoms with Gasteiger partial charge in [0, 0.05) is 18.0 Å². The molecule has 0 bridgehead atoms. The summed E-state index contributed by atoms with van der Waals surface area (Å²) >= 11 is 0. The van der Waals surface area contributed by atoms with E-state index in [1.807, 2.05) is 24.3 Å². The first-order chi connectivity index (χ1) is 8.61. The summed E-state index contributed by atoms with van der Waals surface area (Å²) in [4.78, 5) is 2.35. The summed E-state index contributed by atoms with van der Waals surface area (Å²) in [5, 5.41) is 1.12. The van der Waals surface area contributed by atoms with Crippen LogP contribution in [-0.2, 0) is 0 Å². The first-order valence-electron chi connectivity index (χ1n) is 6.60. The molecule has 1 aromatic carbocycles. The molecule has 0 radical (unpaired) electrons. The molecule has 0 aliphatic heterocycles. The van der Waals surface area contributed by atoms with Crippen LogP contribution in [0, 0.1) is 0 Å². The molecule has 18 heavy (non-hydrogen) atoms. The lowest BCUT2D eigenvalue weighted by molar-refractivity contribution is 0.213. The van der Waals surface area contributed by atoms with Crippen LogP contribution in [0.25, 0.3) is 11.0 Å². The number of likely N-dealkylation sites (N-methyl/N-ethyl adjacent to an activating group) is 1. The van der Waals surface area contributed by atoms with Crippen LogP contribution < -0.4 is 5.73 Å². The highest BCUT2D eigenvalue weighted by Crippen LogP contribution is 2.23. The Kier molecular flexibility index (Phi) is 4.04. The molecule has 0 aliphatic carbocycles. The van der Waals surface area contributed by atoms with Crippen LogP contribution in [0.1, 0.15) is 32.6 Å². The Hall–Kier alpha value is -1.32. The maximum absolute atomic E-state index is 6.24. The number of para-hydroxylation sites is 1. The summed E-state index contributed by atoms with van der Waals surface area (Å²) in [6.45, 7) is 8.37. The predicted octanol–water partition coefficient (Wildman–Crippen LogP) is 3.16. The molecule has 0 saturated carbocycles. The topological polar surface area (TPSA) is 42.4 Å². The second-order valence-electron chi connectivity index (χ2n) is 4.97. The van der Waals surface area contributed by atoms with Crippen molar-refractivity contribution in [2.45, 2.75) is 32.9 Å². The lowest BCUT2D eigenvalue weighted by Crippen LogP contribution is -2.36. The van der Waals surface area contributed by atoms with Gasteiger partial charge in [0.15, 0.2) is 0 Å². The van der Waals surface area contributed by atoms with E-state index >= 15 is 0 Å². The Balaban J connectivity index is 2.15. The molecule has 3 heteroatoms. The number of nitrogens with two attached hydrogens (primary N) is 1. The summed E-state index contributed by atoms with van der Waals surface area (Å²) in [5.41, 5.74) is 7.15. The van der Waals surface area contributed by atoms with Crippen LogP contribution in [0.4, 0.5) is 0 Å². The molecule has 2 rings (SSSR count). The first kappa shape index (κ1) is 13.1. The lowest BCUT2D eigenvalue weighted by atomic mass is 10.2. The van der Waals surface area contributed by atoms with E-state index in [1.165, 1.54) is 0 Å². The van der Waals surface area contributed by atoms with Crippen molar-refractivity contribution in [3.8, 4) is 0 Å². The number of furan rings is 1. The highest BCUT2D eigenvalue weighted by Gasteiger charge is 2.16. The molecule has 0 fully saturated rings. The van der Waals surface area contributed by atoms with E-state index in [2.05, 4.69) is 31.7 Å². The minimum Gasteiger partial charge on any atom is -0.459 e. The average Bonchev–Trinajstić information content (AvgIpc) is 2.79. The van der Waals surface area contributed by atoms with E-state index < -0.39 is 0 Å². The third kappa shape index (κ3) is 2.74. The van der Waals surface area contributed by atoms with Crippen molar-refractivity contribution in [1.29, 1.82) is 0 Å². The van der Waals surface area contributed by atoms with Crippen molar-refractivity contribution >= 4 is 11.0 Å². The largest absolute Gasteiger partial charge is 0.459 e. The molecule has 2 N–H and O–H groups in total. The van der Waals surface area contributed by atoms with Crippen molar-refractivity contribution < 1.29 is 4.42 Å². The van der Waals surface area contributed by atoms with Gasteiger partial charge in [0.1, 0.15) is 11.3 Å². The van der Waals surface area contributed by atoms with E-state index in [0.717, 1.165) is 29.8 Å². The van der Waals surface area contributed by atoms with Gasteiger partial charge in [0.05, 0.1) is 6.04 Å². The maximum atomic E-state index is 6.24. The molecule has 1 atom stereocenters. The van der Waals surface area contributed by atoms with Crippen LogP contribution in [0.3, 0.4) is 0 Å². The lowest BCUT2D eigenvalue weighted by Gasteiger charge is -2.26. The molecule has 1 aromatic heterocycles. The molecule has 1 heterocycles. The number of benzene rings is 1.